The Balaban J connectivity index is 2.15. The lowest BCUT2D eigenvalue weighted by molar-refractivity contribution is -0.153. The lowest BCUT2D eigenvalue weighted by Crippen LogP contribution is -2.47. The van der Waals surface area contributed by atoms with Gasteiger partial charge in [0.25, 0.3) is 0 Å². The van der Waals surface area contributed by atoms with E-state index in [1.54, 1.807) is 6.07 Å². The second kappa shape index (κ2) is 6.84. The third-order valence-electron chi connectivity index (χ3n) is 4.45. The molecular weight excluding hydrogens is 309 g/mol. The van der Waals surface area contributed by atoms with E-state index in [9.17, 15) is 14.3 Å². The van der Waals surface area contributed by atoms with E-state index in [1.165, 1.54) is 13.2 Å². The predicted octanol–water partition coefficient (Wildman–Crippen LogP) is 3.56. The van der Waals surface area contributed by atoms with Crippen molar-refractivity contribution in [1.29, 1.82) is 0 Å². The standard InChI is InChI=1S/C16H21ClFNO3/c1-3-16(15(20)21)5-4-6-19(10-16)9-11-7-12(17)14(22-2)13(18)8-11/h7-8H,3-6,9-10H2,1-2H3,(H,20,21). The number of likely N-dealkylation sites (tertiary alicyclic amines) is 1. The maximum absolute atomic E-state index is 13.9. The van der Waals surface area contributed by atoms with E-state index in [-0.39, 0.29) is 10.8 Å². The molecule has 4 nitrogen and oxygen atoms in total. The number of ether oxygens (including phenoxy) is 1. The molecule has 6 heteroatoms. The van der Waals surface area contributed by atoms with E-state index in [0.29, 0.717) is 25.9 Å². The third kappa shape index (κ3) is 3.36. The Morgan fingerprint density at radius 3 is 2.82 bits per heavy atom. The Hall–Kier alpha value is -1.33. The molecule has 1 unspecified atom stereocenters. The lowest BCUT2D eigenvalue weighted by Gasteiger charge is -2.39. The second-order valence-corrected chi connectivity index (χ2v) is 6.25. The second-order valence-electron chi connectivity index (χ2n) is 5.85. The van der Waals surface area contributed by atoms with Gasteiger partial charge in [-0.3, -0.25) is 9.69 Å². The van der Waals surface area contributed by atoms with Gasteiger partial charge in [0.2, 0.25) is 0 Å². The van der Waals surface area contributed by atoms with Crippen LogP contribution in [0.25, 0.3) is 0 Å². The summed E-state index contributed by atoms with van der Waals surface area (Å²) in [4.78, 5) is 13.6. The summed E-state index contributed by atoms with van der Waals surface area (Å²) < 4.78 is 18.8. The Morgan fingerprint density at radius 2 is 2.27 bits per heavy atom. The smallest absolute Gasteiger partial charge is 0.310 e. The maximum atomic E-state index is 13.9. The molecule has 122 valence electrons. The van der Waals surface area contributed by atoms with Gasteiger partial charge in [0.15, 0.2) is 11.6 Å². The number of methoxy groups -OCH3 is 1. The van der Waals surface area contributed by atoms with Crippen LogP contribution in [0.1, 0.15) is 31.7 Å². The van der Waals surface area contributed by atoms with E-state index in [4.69, 9.17) is 16.3 Å². The van der Waals surface area contributed by atoms with Crippen LogP contribution < -0.4 is 4.74 Å². The molecule has 1 aromatic rings. The zero-order valence-electron chi connectivity index (χ0n) is 12.9. The van der Waals surface area contributed by atoms with E-state index in [1.807, 2.05) is 6.92 Å². The van der Waals surface area contributed by atoms with Crippen LogP contribution in [-0.2, 0) is 11.3 Å². The molecule has 0 aliphatic carbocycles. The summed E-state index contributed by atoms with van der Waals surface area (Å²) in [7, 11) is 1.37. The highest BCUT2D eigenvalue weighted by Gasteiger charge is 2.40. The first kappa shape index (κ1) is 17.0. The summed E-state index contributed by atoms with van der Waals surface area (Å²) in [5.41, 5.74) is 0.0214. The molecule has 22 heavy (non-hydrogen) atoms. The maximum Gasteiger partial charge on any atom is 0.310 e. The minimum atomic E-state index is -0.751. The van der Waals surface area contributed by atoms with Crippen LogP contribution in [0.3, 0.4) is 0 Å². The van der Waals surface area contributed by atoms with Crippen molar-refractivity contribution in [3.63, 3.8) is 0 Å². The molecule has 1 fully saturated rings. The fraction of sp³-hybridized carbons (Fsp3) is 0.562. The first-order chi connectivity index (χ1) is 10.4. The molecule has 0 aromatic heterocycles. The highest BCUT2D eigenvalue weighted by Crippen LogP contribution is 2.35. The van der Waals surface area contributed by atoms with Crippen molar-refractivity contribution in [2.24, 2.45) is 5.41 Å². The number of hydrogen-bond acceptors (Lipinski definition) is 3. The van der Waals surface area contributed by atoms with Crippen LogP contribution >= 0.6 is 11.6 Å². The van der Waals surface area contributed by atoms with Crippen LogP contribution in [0, 0.1) is 11.2 Å². The molecule has 1 heterocycles. The molecule has 2 rings (SSSR count). The molecule has 1 aliphatic rings. The van der Waals surface area contributed by atoms with E-state index in [2.05, 4.69) is 4.90 Å². The van der Waals surface area contributed by atoms with Crippen molar-refractivity contribution in [3.05, 3.63) is 28.5 Å². The molecular formula is C16H21ClFNO3. The highest BCUT2D eigenvalue weighted by atomic mass is 35.5. The molecule has 0 bridgehead atoms. The van der Waals surface area contributed by atoms with E-state index >= 15 is 0 Å². The summed E-state index contributed by atoms with van der Waals surface area (Å²) in [6.07, 6.45) is 2.11. The fourth-order valence-corrected chi connectivity index (χ4v) is 3.44. The van der Waals surface area contributed by atoms with Crippen LogP contribution in [0.4, 0.5) is 4.39 Å². The largest absolute Gasteiger partial charge is 0.492 e. The van der Waals surface area contributed by atoms with Gasteiger partial charge in [-0.15, -0.1) is 0 Å². The topological polar surface area (TPSA) is 49.8 Å². The zero-order chi connectivity index (χ0) is 16.3. The third-order valence-corrected chi connectivity index (χ3v) is 4.74. The summed E-state index contributed by atoms with van der Waals surface area (Å²) in [6.45, 7) is 3.67. The number of carboxylic acid groups (broad SMARTS) is 1. The predicted molar refractivity (Wildman–Crippen MR) is 82.8 cm³/mol. The Morgan fingerprint density at radius 1 is 1.55 bits per heavy atom. The quantitative estimate of drug-likeness (QED) is 0.897. The summed E-state index contributed by atoms with van der Waals surface area (Å²) in [5.74, 6) is -1.21. The number of carboxylic acids is 1. The highest BCUT2D eigenvalue weighted by molar-refractivity contribution is 6.32. The van der Waals surface area contributed by atoms with Crippen molar-refractivity contribution >= 4 is 17.6 Å². The van der Waals surface area contributed by atoms with Crippen molar-refractivity contribution < 1.29 is 19.0 Å². The average Bonchev–Trinajstić information content (AvgIpc) is 2.47. The van der Waals surface area contributed by atoms with Crippen molar-refractivity contribution in [3.8, 4) is 5.75 Å². The molecule has 1 saturated heterocycles. The minimum absolute atomic E-state index is 0.0394. The number of halogens is 2. The van der Waals surface area contributed by atoms with Crippen LogP contribution in [0.15, 0.2) is 12.1 Å². The minimum Gasteiger partial charge on any atom is -0.492 e. The monoisotopic (exact) mass is 329 g/mol. The normalized spacial score (nSPS) is 22.5. The van der Waals surface area contributed by atoms with Gasteiger partial charge >= 0.3 is 5.97 Å². The summed E-state index contributed by atoms with van der Waals surface area (Å²) in [6, 6.07) is 3.07. The zero-order valence-corrected chi connectivity index (χ0v) is 13.6. The summed E-state index contributed by atoms with van der Waals surface area (Å²) in [5, 5.41) is 9.74. The van der Waals surface area contributed by atoms with Gasteiger partial charge in [0.05, 0.1) is 17.5 Å². The number of carbonyl (C=O) groups is 1. The van der Waals surface area contributed by atoms with E-state index < -0.39 is 17.2 Å². The van der Waals surface area contributed by atoms with Gasteiger partial charge < -0.3 is 9.84 Å². The molecule has 0 radical (unpaired) electrons. The molecule has 0 saturated carbocycles. The van der Waals surface area contributed by atoms with Gasteiger partial charge in [-0.05, 0) is 43.5 Å². The van der Waals surface area contributed by atoms with Gasteiger partial charge in [0.1, 0.15) is 0 Å². The van der Waals surface area contributed by atoms with Crippen LogP contribution in [0.5, 0.6) is 5.75 Å². The number of hydrogen-bond donors (Lipinski definition) is 1. The van der Waals surface area contributed by atoms with E-state index in [0.717, 1.165) is 18.5 Å². The van der Waals surface area contributed by atoms with Gasteiger partial charge in [-0.1, -0.05) is 18.5 Å². The number of aliphatic carboxylic acids is 1. The first-order valence-corrected chi connectivity index (χ1v) is 7.77. The van der Waals surface area contributed by atoms with Gasteiger partial charge in [-0.25, -0.2) is 4.39 Å². The van der Waals surface area contributed by atoms with Crippen molar-refractivity contribution in [2.75, 3.05) is 20.2 Å². The Bertz CT molecular complexity index is 543. The van der Waals surface area contributed by atoms with Crippen LogP contribution in [0.2, 0.25) is 5.02 Å². The SMILES string of the molecule is CCC1(C(=O)O)CCCN(Cc2cc(F)c(OC)c(Cl)c2)C1. The molecule has 0 spiro atoms. The lowest BCUT2D eigenvalue weighted by atomic mass is 9.77. The Labute approximate surface area is 134 Å². The number of piperidine rings is 1. The molecule has 1 aromatic carbocycles. The van der Waals surface area contributed by atoms with Crippen molar-refractivity contribution in [2.45, 2.75) is 32.7 Å². The average molecular weight is 330 g/mol. The molecule has 1 aliphatic heterocycles. The van der Waals surface area contributed by atoms with Gasteiger partial charge in [0, 0.05) is 13.1 Å². The molecule has 1 atom stereocenters. The van der Waals surface area contributed by atoms with Gasteiger partial charge in [-0.2, -0.15) is 0 Å². The number of nitrogens with zero attached hydrogens (tertiary/aromatic N) is 1. The van der Waals surface area contributed by atoms with Crippen LogP contribution in [-0.4, -0.2) is 36.2 Å². The molecule has 0 amide bonds. The fourth-order valence-electron chi connectivity index (χ4n) is 3.13. The number of benzene rings is 1. The first-order valence-electron chi connectivity index (χ1n) is 7.39. The van der Waals surface area contributed by atoms with Crippen molar-refractivity contribution in [1.82, 2.24) is 4.90 Å². The number of rotatable bonds is 5. The summed E-state index contributed by atoms with van der Waals surface area (Å²) >= 11 is 6.01. The Kier molecular flexibility index (Phi) is 5.29. The molecule has 1 N–H and O–H groups in total.